The summed E-state index contributed by atoms with van der Waals surface area (Å²) in [5, 5.41) is 3.01. The van der Waals surface area contributed by atoms with Gasteiger partial charge >= 0.3 is 6.09 Å². The van der Waals surface area contributed by atoms with Crippen molar-refractivity contribution in [3.05, 3.63) is 72.1 Å². The zero-order valence-electron chi connectivity index (χ0n) is 23.3. The highest BCUT2D eigenvalue weighted by Gasteiger charge is 2.24. The van der Waals surface area contributed by atoms with Crippen LogP contribution in [0.3, 0.4) is 0 Å². The normalized spacial score (nSPS) is 11.3. The average molecular weight is 494 g/mol. The van der Waals surface area contributed by atoms with Gasteiger partial charge in [-0.3, -0.25) is 0 Å². The minimum atomic E-state index is -0.511. The summed E-state index contributed by atoms with van der Waals surface area (Å²) in [6, 6.07) is 14.7. The first-order chi connectivity index (χ1) is 17.3. The van der Waals surface area contributed by atoms with Crippen LogP contribution in [-0.4, -0.2) is 12.7 Å². The van der Waals surface area contributed by atoms with Gasteiger partial charge in [-0.2, -0.15) is 0 Å². The van der Waals surface area contributed by atoms with Gasteiger partial charge in [-0.1, -0.05) is 75.4 Å². The van der Waals surface area contributed by atoms with Crippen molar-refractivity contribution in [1.29, 1.82) is 0 Å². The molecule has 1 amide bonds. The topological polar surface area (TPSA) is 42.2 Å². The van der Waals surface area contributed by atoms with Crippen LogP contribution in [0.2, 0.25) is 0 Å². The summed E-state index contributed by atoms with van der Waals surface area (Å²) in [7, 11) is 0. The Labute approximate surface area is 220 Å². The molecule has 0 saturated carbocycles. The lowest BCUT2D eigenvalue weighted by Gasteiger charge is -2.27. The van der Waals surface area contributed by atoms with Crippen LogP contribution >= 0.6 is 0 Å². The third-order valence-electron chi connectivity index (χ3n) is 6.84. The van der Waals surface area contributed by atoms with Crippen molar-refractivity contribution in [2.24, 2.45) is 0 Å². The van der Waals surface area contributed by atoms with Gasteiger partial charge in [0, 0.05) is 25.0 Å². The zero-order chi connectivity index (χ0) is 26.2. The van der Waals surface area contributed by atoms with Crippen LogP contribution in [0, 0.1) is 0 Å². The number of hydrogen-bond donors (Lipinski definition) is 1. The van der Waals surface area contributed by atoms with Crippen LogP contribution in [-0.2, 0) is 23.2 Å². The number of rotatable bonds is 17. The third kappa shape index (κ3) is 11.0. The fourth-order valence-corrected chi connectivity index (χ4v) is 4.48. The molecule has 0 atom stereocenters. The highest BCUT2D eigenvalue weighted by molar-refractivity contribution is 5.69. The highest BCUT2D eigenvalue weighted by Crippen LogP contribution is 2.23. The van der Waals surface area contributed by atoms with Gasteiger partial charge in [-0.25, -0.2) is 9.36 Å². The summed E-state index contributed by atoms with van der Waals surface area (Å²) in [5.41, 5.74) is 4.07. The number of aromatic nitrogens is 1. The molecule has 1 aromatic carbocycles. The number of allylic oxidation sites excluding steroid dienone is 1. The van der Waals surface area contributed by atoms with Crippen LogP contribution in [0.5, 0.6) is 0 Å². The molecule has 0 aliphatic rings. The molecule has 0 spiro atoms. The lowest BCUT2D eigenvalue weighted by molar-refractivity contribution is -0.704. The number of hydrogen-bond acceptors (Lipinski definition) is 2. The summed E-state index contributed by atoms with van der Waals surface area (Å²) >= 11 is 0. The Balaban J connectivity index is 1.62. The van der Waals surface area contributed by atoms with Gasteiger partial charge in [0.25, 0.3) is 0 Å². The lowest BCUT2D eigenvalue weighted by Crippen LogP contribution is -2.41. The molecular weight excluding hydrogens is 444 g/mol. The number of alkyl carbamates (subject to hydrolysis) is 1. The quantitative estimate of drug-likeness (QED) is 0.178. The molecule has 0 aliphatic carbocycles. The van der Waals surface area contributed by atoms with Crippen LogP contribution in [0.1, 0.15) is 109 Å². The SMILES string of the molecule is C=C(C)c1cccc(C(C)(C)NC(=O)OCCCCCC[n+]2ccccc2CCCCCCCC)c1. The van der Waals surface area contributed by atoms with Crippen molar-refractivity contribution < 1.29 is 14.1 Å². The van der Waals surface area contributed by atoms with Crippen LogP contribution in [0.15, 0.2) is 55.2 Å². The highest BCUT2D eigenvalue weighted by atomic mass is 16.5. The number of ether oxygens (including phenoxy) is 1. The van der Waals surface area contributed by atoms with Gasteiger partial charge < -0.3 is 10.1 Å². The van der Waals surface area contributed by atoms with Crippen LogP contribution in [0.25, 0.3) is 5.57 Å². The summed E-state index contributed by atoms with van der Waals surface area (Å²) in [6.07, 6.45) is 15.3. The number of carbonyl (C=O) groups is 1. The maximum atomic E-state index is 12.4. The number of nitrogens with zero attached hydrogens (tertiary/aromatic N) is 1. The number of unbranched alkanes of at least 4 members (excludes halogenated alkanes) is 8. The smallest absolute Gasteiger partial charge is 0.407 e. The van der Waals surface area contributed by atoms with Crippen LogP contribution in [0.4, 0.5) is 4.79 Å². The van der Waals surface area contributed by atoms with E-state index in [1.54, 1.807) is 0 Å². The molecule has 2 rings (SSSR count). The van der Waals surface area contributed by atoms with Gasteiger partial charge in [0.1, 0.15) is 6.54 Å². The molecule has 0 unspecified atom stereocenters. The Morgan fingerprint density at radius 3 is 2.44 bits per heavy atom. The van der Waals surface area contributed by atoms with E-state index in [0.717, 1.165) is 48.9 Å². The summed E-state index contributed by atoms with van der Waals surface area (Å²) in [4.78, 5) is 12.4. The van der Waals surface area contributed by atoms with Crippen LogP contribution < -0.4 is 9.88 Å². The molecule has 0 saturated heterocycles. The number of pyridine rings is 1. The Morgan fingerprint density at radius 2 is 1.67 bits per heavy atom. The molecule has 1 heterocycles. The van der Waals surface area contributed by atoms with Gasteiger partial charge in [-0.15, -0.1) is 0 Å². The first kappa shape index (κ1) is 29.6. The largest absolute Gasteiger partial charge is 0.450 e. The van der Waals surface area contributed by atoms with E-state index in [1.807, 2.05) is 39.0 Å². The molecule has 0 bridgehead atoms. The zero-order valence-corrected chi connectivity index (χ0v) is 23.3. The van der Waals surface area contributed by atoms with E-state index in [0.29, 0.717) is 6.61 Å². The molecule has 4 nitrogen and oxygen atoms in total. The molecule has 0 radical (unpaired) electrons. The van der Waals surface area contributed by atoms with Gasteiger partial charge in [0.05, 0.1) is 12.1 Å². The van der Waals surface area contributed by atoms with Gasteiger partial charge in [-0.05, 0) is 63.6 Å². The molecule has 198 valence electrons. The third-order valence-corrected chi connectivity index (χ3v) is 6.84. The summed E-state index contributed by atoms with van der Waals surface area (Å²) < 4.78 is 7.89. The van der Waals surface area contributed by atoms with Gasteiger partial charge in [0.2, 0.25) is 0 Å². The summed E-state index contributed by atoms with van der Waals surface area (Å²) in [6.45, 7) is 13.8. The Kier molecular flexibility index (Phi) is 13.3. The Hall–Kier alpha value is -2.62. The second kappa shape index (κ2) is 16.2. The van der Waals surface area contributed by atoms with E-state index in [4.69, 9.17) is 4.74 Å². The average Bonchev–Trinajstić information content (AvgIpc) is 2.86. The van der Waals surface area contributed by atoms with E-state index in [1.165, 1.54) is 50.6 Å². The minimum absolute atomic E-state index is 0.361. The first-order valence-electron chi connectivity index (χ1n) is 14.0. The fourth-order valence-electron chi connectivity index (χ4n) is 4.48. The maximum Gasteiger partial charge on any atom is 0.407 e. The molecule has 0 aliphatic heterocycles. The van der Waals surface area contributed by atoms with Gasteiger partial charge in [0.15, 0.2) is 11.9 Å². The maximum absolute atomic E-state index is 12.4. The molecule has 1 N–H and O–H groups in total. The van der Waals surface area contributed by atoms with E-state index in [9.17, 15) is 4.79 Å². The predicted octanol–water partition coefficient (Wildman–Crippen LogP) is 8.13. The molecular formula is C32H49N2O2+. The molecule has 1 aromatic heterocycles. The second-order valence-electron chi connectivity index (χ2n) is 10.6. The molecule has 36 heavy (non-hydrogen) atoms. The van der Waals surface area contributed by atoms with Crippen molar-refractivity contribution in [2.75, 3.05) is 6.61 Å². The second-order valence-corrected chi connectivity index (χ2v) is 10.6. The lowest BCUT2D eigenvalue weighted by atomic mass is 9.92. The number of benzene rings is 1. The van der Waals surface area contributed by atoms with Crippen molar-refractivity contribution >= 4 is 11.7 Å². The van der Waals surface area contributed by atoms with E-state index in [-0.39, 0.29) is 6.09 Å². The van der Waals surface area contributed by atoms with E-state index < -0.39 is 5.54 Å². The first-order valence-corrected chi connectivity index (χ1v) is 14.0. The van der Waals surface area contributed by atoms with Crippen molar-refractivity contribution in [3.8, 4) is 0 Å². The minimum Gasteiger partial charge on any atom is -0.450 e. The van der Waals surface area contributed by atoms with E-state index >= 15 is 0 Å². The number of amides is 1. The van der Waals surface area contributed by atoms with Crippen molar-refractivity contribution in [2.45, 2.75) is 110 Å². The Morgan fingerprint density at radius 1 is 0.944 bits per heavy atom. The number of carbonyl (C=O) groups excluding carboxylic acids is 1. The predicted molar refractivity (Wildman–Crippen MR) is 151 cm³/mol. The Bertz CT molecular complexity index is 935. The van der Waals surface area contributed by atoms with Crippen molar-refractivity contribution in [3.63, 3.8) is 0 Å². The molecule has 2 aromatic rings. The standard InChI is InChI=1S/C32H48N2O2/c1-6-7-8-9-10-13-21-30-22-14-16-24-34(30)23-15-11-12-17-25-36-31(35)33-32(4,5)29-20-18-19-28(26-29)27(2)3/h14,16,18-20,22,24,26H,2,6-13,15,17,21,23,25H2,1,3-5H3/p+1. The molecule has 4 heteroatoms. The fraction of sp³-hybridized carbons (Fsp3) is 0.562. The number of aryl methyl sites for hydroxylation is 2. The number of nitrogens with one attached hydrogen (secondary N) is 1. The van der Waals surface area contributed by atoms with Crippen molar-refractivity contribution in [1.82, 2.24) is 5.32 Å². The monoisotopic (exact) mass is 493 g/mol. The summed E-state index contributed by atoms with van der Waals surface area (Å²) in [5.74, 6) is 0. The van der Waals surface area contributed by atoms with E-state index in [2.05, 4.69) is 53.8 Å². The molecule has 0 fully saturated rings.